The number of esters is 2. The van der Waals surface area contributed by atoms with Gasteiger partial charge in [-0.3, -0.25) is 0 Å². The second-order valence-corrected chi connectivity index (χ2v) is 5.57. The molecule has 0 aromatic heterocycles. The molecule has 0 aliphatic carbocycles. The molecule has 0 radical (unpaired) electrons. The van der Waals surface area contributed by atoms with Crippen LogP contribution in [-0.4, -0.2) is 47.3 Å². The van der Waals surface area contributed by atoms with E-state index >= 15 is 0 Å². The summed E-state index contributed by atoms with van der Waals surface area (Å²) in [5.41, 5.74) is -0.938. The van der Waals surface area contributed by atoms with Gasteiger partial charge in [0, 0.05) is 0 Å². The Hall–Kier alpha value is -3.88. The van der Waals surface area contributed by atoms with E-state index in [1.165, 1.54) is 24.3 Å². The molecule has 9 nitrogen and oxygen atoms in total. The molecule has 0 fully saturated rings. The van der Waals surface area contributed by atoms with Gasteiger partial charge in [0.1, 0.15) is 11.5 Å². The minimum atomic E-state index is -1.43. The van der Waals surface area contributed by atoms with E-state index in [0.29, 0.717) is 0 Å². The van der Waals surface area contributed by atoms with Gasteiger partial charge >= 0.3 is 23.9 Å². The lowest BCUT2D eigenvalue weighted by Crippen LogP contribution is -2.14. The summed E-state index contributed by atoms with van der Waals surface area (Å²) >= 11 is 0. The highest BCUT2D eigenvalue weighted by Gasteiger charge is 2.21. The van der Waals surface area contributed by atoms with Crippen LogP contribution in [0.15, 0.2) is 36.4 Å². The molecule has 0 aliphatic heterocycles. The molecule has 152 valence electrons. The standard InChI is InChI=1S/C20H18O9/c1-3-27-19(25)14-8-6-12(10-16(14)20(26)28-4-2)29-11-5-7-13(17(21)22)15(9-11)18(23)24/h5-10H,3-4H2,1-2H3,(H,21,22)(H,23,24). The third-order valence-corrected chi connectivity index (χ3v) is 3.67. The second kappa shape index (κ2) is 9.36. The number of carbonyl (C=O) groups is 4. The summed E-state index contributed by atoms with van der Waals surface area (Å²) in [7, 11) is 0. The third kappa shape index (κ3) is 5.10. The van der Waals surface area contributed by atoms with E-state index in [4.69, 9.17) is 19.3 Å². The monoisotopic (exact) mass is 402 g/mol. The van der Waals surface area contributed by atoms with Crippen LogP contribution in [0.3, 0.4) is 0 Å². The Kier molecular flexibility index (Phi) is 6.91. The van der Waals surface area contributed by atoms with Crippen LogP contribution >= 0.6 is 0 Å². The van der Waals surface area contributed by atoms with E-state index in [0.717, 1.165) is 12.1 Å². The molecule has 2 N–H and O–H groups in total. The van der Waals surface area contributed by atoms with Gasteiger partial charge in [0.05, 0.1) is 35.5 Å². The molecule has 2 aromatic rings. The number of hydrogen-bond donors (Lipinski definition) is 2. The van der Waals surface area contributed by atoms with Crippen molar-refractivity contribution < 1.29 is 43.6 Å². The highest BCUT2D eigenvalue weighted by molar-refractivity contribution is 6.04. The van der Waals surface area contributed by atoms with Gasteiger partial charge in [-0.05, 0) is 50.2 Å². The fraction of sp³-hybridized carbons (Fsp3) is 0.200. The predicted molar refractivity (Wildman–Crippen MR) is 98.8 cm³/mol. The van der Waals surface area contributed by atoms with Crippen LogP contribution in [0, 0.1) is 0 Å². The van der Waals surface area contributed by atoms with Gasteiger partial charge in [-0.25, -0.2) is 19.2 Å². The third-order valence-electron chi connectivity index (χ3n) is 3.67. The molecular weight excluding hydrogens is 384 g/mol. The van der Waals surface area contributed by atoms with Crippen molar-refractivity contribution in [2.45, 2.75) is 13.8 Å². The van der Waals surface area contributed by atoms with Gasteiger partial charge in [0.25, 0.3) is 0 Å². The first-order valence-electron chi connectivity index (χ1n) is 8.55. The zero-order valence-corrected chi connectivity index (χ0v) is 15.6. The SMILES string of the molecule is CCOC(=O)c1ccc(Oc2ccc(C(=O)O)c(C(=O)O)c2)cc1C(=O)OCC. The summed E-state index contributed by atoms with van der Waals surface area (Å²) in [5.74, 6) is -4.14. The number of carboxylic acids is 2. The average Bonchev–Trinajstić information content (AvgIpc) is 2.68. The molecular formula is C20H18O9. The molecule has 0 heterocycles. The fourth-order valence-corrected chi connectivity index (χ4v) is 2.44. The number of hydrogen-bond acceptors (Lipinski definition) is 7. The summed E-state index contributed by atoms with van der Waals surface area (Å²) in [5, 5.41) is 18.3. The van der Waals surface area contributed by atoms with Crippen molar-refractivity contribution in [2.75, 3.05) is 13.2 Å². The van der Waals surface area contributed by atoms with E-state index < -0.39 is 35.0 Å². The number of aromatic carboxylic acids is 2. The molecule has 2 rings (SSSR count). The van der Waals surface area contributed by atoms with Crippen molar-refractivity contribution in [1.29, 1.82) is 0 Å². The average molecular weight is 402 g/mol. The summed E-state index contributed by atoms with van der Waals surface area (Å²) in [4.78, 5) is 46.7. The van der Waals surface area contributed by atoms with Crippen molar-refractivity contribution in [1.82, 2.24) is 0 Å². The summed E-state index contributed by atoms with van der Waals surface area (Å²) in [6, 6.07) is 7.40. The summed E-state index contributed by atoms with van der Waals surface area (Å²) in [6.45, 7) is 3.44. The fourth-order valence-electron chi connectivity index (χ4n) is 2.44. The molecule has 0 spiro atoms. The van der Waals surface area contributed by atoms with Gasteiger partial charge in [-0.1, -0.05) is 0 Å². The molecule has 0 saturated heterocycles. The summed E-state index contributed by atoms with van der Waals surface area (Å²) < 4.78 is 15.4. The van der Waals surface area contributed by atoms with Gasteiger partial charge in [0.2, 0.25) is 0 Å². The van der Waals surface area contributed by atoms with Crippen LogP contribution in [0.25, 0.3) is 0 Å². The van der Waals surface area contributed by atoms with E-state index in [-0.39, 0.29) is 35.8 Å². The largest absolute Gasteiger partial charge is 0.478 e. The second-order valence-electron chi connectivity index (χ2n) is 5.57. The normalized spacial score (nSPS) is 10.1. The molecule has 0 atom stereocenters. The number of carboxylic acid groups (broad SMARTS) is 2. The van der Waals surface area contributed by atoms with Crippen LogP contribution in [-0.2, 0) is 9.47 Å². The lowest BCUT2D eigenvalue weighted by Gasteiger charge is -2.12. The molecule has 9 heteroatoms. The zero-order valence-electron chi connectivity index (χ0n) is 15.6. The molecule has 0 bridgehead atoms. The Morgan fingerprint density at radius 2 is 1.14 bits per heavy atom. The Labute approximate surface area is 165 Å². The van der Waals surface area contributed by atoms with Crippen LogP contribution in [0.1, 0.15) is 55.3 Å². The Bertz CT molecular complexity index is 962. The molecule has 0 saturated carbocycles. The topological polar surface area (TPSA) is 136 Å². The highest BCUT2D eigenvalue weighted by Crippen LogP contribution is 2.27. The van der Waals surface area contributed by atoms with Gasteiger partial charge in [0.15, 0.2) is 0 Å². The smallest absolute Gasteiger partial charge is 0.339 e. The predicted octanol–water partition coefficient (Wildman–Crippen LogP) is 3.23. The maximum absolute atomic E-state index is 12.2. The van der Waals surface area contributed by atoms with Crippen molar-refractivity contribution in [3.8, 4) is 11.5 Å². The van der Waals surface area contributed by atoms with Gasteiger partial charge in [-0.2, -0.15) is 0 Å². The molecule has 0 amide bonds. The Balaban J connectivity index is 2.43. The van der Waals surface area contributed by atoms with Crippen LogP contribution in [0.5, 0.6) is 11.5 Å². The Morgan fingerprint density at radius 3 is 1.62 bits per heavy atom. The Morgan fingerprint density at radius 1 is 0.690 bits per heavy atom. The number of benzene rings is 2. The number of carbonyl (C=O) groups excluding carboxylic acids is 2. The molecule has 0 aliphatic rings. The minimum absolute atomic E-state index is 0.00917. The quantitative estimate of drug-likeness (QED) is 0.638. The first kappa shape index (κ1) is 21.4. The van der Waals surface area contributed by atoms with E-state index in [1.54, 1.807) is 13.8 Å². The van der Waals surface area contributed by atoms with Crippen molar-refractivity contribution >= 4 is 23.9 Å². The molecule has 0 unspecified atom stereocenters. The first-order valence-corrected chi connectivity index (χ1v) is 8.55. The first-order chi connectivity index (χ1) is 13.8. The summed E-state index contributed by atoms with van der Waals surface area (Å²) in [6.07, 6.45) is 0. The van der Waals surface area contributed by atoms with E-state index in [9.17, 15) is 24.3 Å². The zero-order chi connectivity index (χ0) is 21.6. The van der Waals surface area contributed by atoms with Crippen LogP contribution in [0.4, 0.5) is 0 Å². The van der Waals surface area contributed by atoms with Gasteiger partial charge in [-0.15, -0.1) is 0 Å². The molecule has 2 aromatic carbocycles. The maximum atomic E-state index is 12.2. The number of rotatable bonds is 8. The van der Waals surface area contributed by atoms with Crippen LogP contribution < -0.4 is 4.74 Å². The molecule has 29 heavy (non-hydrogen) atoms. The lowest BCUT2D eigenvalue weighted by atomic mass is 10.1. The van der Waals surface area contributed by atoms with Crippen molar-refractivity contribution in [3.05, 3.63) is 58.7 Å². The van der Waals surface area contributed by atoms with Gasteiger partial charge < -0.3 is 24.4 Å². The lowest BCUT2D eigenvalue weighted by molar-refractivity contribution is 0.0478. The highest BCUT2D eigenvalue weighted by atomic mass is 16.5. The van der Waals surface area contributed by atoms with E-state index in [1.807, 2.05) is 0 Å². The maximum Gasteiger partial charge on any atom is 0.339 e. The van der Waals surface area contributed by atoms with E-state index in [2.05, 4.69) is 0 Å². The van der Waals surface area contributed by atoms with Crippen molar-refractivity contribution in [2.24, 2.45) is 0 Å². The minimum Gasteiger partial charge on any atom is -0.478 e. The van der Waals surface area contributed by atoms with Crippen LogP contribution in [0.2, 0.25) is 0 Å². The van der Waals surface area contributed by atoms with Crippen molar-refractivity contribution in [3.63, 3.8) is 0 Å². The number of ether oxygens (including phenoxy) is 3.